The van der Waals surface area contributed by atoms with Crippen LogP contribution in [-0.2, 0) is 12.8 Å². The Balaban J connectivity index is 1.85. The molecular weight excluding hydrogens is 235 g/mol. The third kappa shape index (κ3) is 3.86. The van der Waals surface area contributed by atoms with E-state index in [4.69, 9.17) is 11.6 Å². The molecule has 0 N–H and O–H groups in total. The van der Waals surface area contributed by atoms with Gasteiger partial charge in [0.2, 0.25) is 0 Å². The molecule has 88 valence electrons. The zero-order valence-electron chi connectivity index (χ0n) is 9.50. The summed E-state index contributed by atoms with van der Waals surface area (Å²) in [6.07, 6.45) is 3.01. The van der Waals surface area contributed by atoms with Crippen LogP contribution in [0.25, 0.3) is 0 Å². The largest absolute Gasteiger partial charge is 0.207 e. The van der Waals surface area contributed by atoms with E-state index >= 15 is 0 Å². The maximum absolute atomic E-state index is 12.7. The van der Waals surface area contributed by atoms with Crippen LogP contribution in [0.1, 0.15) is 17.5 Å². The highest BCUT2D eigenvalue weighted by Gasteiger charge is 1.97. The molecule has 0 nitrogen and oxygen atoms in total. The van der Waals surface area contributed by atoms with E-state index in [1.807, 2.05) is 30.3 Å². The lowest BCUT2D eigenvalue weighted by Crippen LogP contribution is -1.90. The lowest BCUT2D eigenvalue weighted by molar-refractivity contribution is 0.626. The van der Waals surface area contributed by atoms with Gasteiger partial charge in [0, 0.05) is 5.02 Å². The fourth-order valence-corrected chi connectivity index (χ4v) is 2.05. The summed E-state index contributed by atoms with van der Waals surface area (Å²) >= 11 is 5.92. The topological polar surface area (TPSA) is 0 Å². The van der Waals surface area contributed by atoms with Crippen molar-refractivity contribution in [2.75, 3.05) is 0 Å². The summed E-state index contributed by atoms with van der Waals surface area (Å²) in [4.78, 5) is 0. The fourth-order valence-electron chi connectivity index (χ4n) is 1.84. The van der Waals surface area contributed by atoms with Gasteiger partial charge in [-0.2, -0.15) is 0 Å². The van der Waals surface area contributed by atoms with Gasteiger partial charge in [-0.25, -0.2) is 4.39 Å². The summed E-state index contributed by atoms with van der Waals surface area (Å²) in [5, 5.41) is 0.782. The summed E-state index contributed by atoms with van der Waals surface area (Å²) in [5.74, 6) is -0.177. The highest BCUT2D eigenvalue weighted by Crippen LogP contribution is 2.13. The zero-order chi connectivity index (χ0) is 12.1. The molecule has 0 fully saturated rings. The van der Waals surface area contributed by atoms with Gasteiger partial charge in [-0.15, -0.1) is 0 Å². The summed E-state index contributed by atoms with van der Waals surface area (Å²) in [7, 11) is 0. The second-order valence-electron chi connectivity index (χ2n) is 4.11. The van der Waals surface area contributed by atoms with Crippen LogP contribution in [0.15, 0.2) is 48.5 Å². The lowest BCUT2D eigenvalue weighted by atomic mass is 10.0. The van der Waals surface area contributed by atoms with E-state index in [0.717, 1.165) is 24.3 Å². The fraction of sp³-hybridized carbons (Fsp3) is 0.200. The Labute approximate surface area is 106 Å². The molecule has 0 aromatic heterocycles. The number of aryl methyl sites for hydroxylation is 2. The predicted molar refractivity (Wildman–Crippen MR) is 69.9 cm³/mol. The van der Waals surface area contributed by atoms with E-state index in [1.54, 1.807) is 0 Å². The Hall–Kier alpha value is -1.34. The first kappa shape index (κ1) is 12.1. The van der Waals surface area contributed by atoms with E-state index in [1.165, 1.54) is 23.3 Å². The van der Waals surface area contributed by atoms with E-state index in [0.29, 0.717) is 0 Å². The minimum Gasteiger partial charge on any atom is -0.207 e. The molecule has 0 aliphatic heterocycles. The first-order valence-corrected chi connectivity index (χ1v) is 6.11. The quantitative estimate of drug-likeness (QED) is 0.739. The molecule has 0 saturated carbocycles. The average molecular weight is 249 g/mol. The van der Waals surface area contributed by atoms with E-state index in [2.05, 4.69) is 6.07 Å². The molecule has 0 heterocycles. The molecule has 0 atom stereocenters. The van der Waals surface area contributed by atoms with Crippen molar-refractivity contribution in [2.24, 2.45) is 0 Å². The Bertz CT molecular complexity index is 477. The summed E-state index contributed by atoms with van der Waals surface area (Å²) < 4.78 is 12.7. The van der Waals surface area contributed by atoms with Gasteiger partial charge < -0.3 is 0 Å². The second kappa shape index (κ2) is 5.83. The van der Waals surface area contributed by atoms with Crippen molar-refractivity contribution < 1.29 is 4.39 Å². The normalized spacial score (nSPS) is 10.5. The summed E-state index contributed by atoms with van der Waals surface area (Å²) in [6, 6.07) is 14.6. The van der Waals surface area contributed by atoms with Gasteiger partial charge in [0.25, 0.3) is 0 Å². The third-order valence-corrected chi connectivity index (χ3v) is 2.97. The molecule has 0 bridgehead atoms. The van der Waals surface area contributed by atoms with Crippen molar-refractivity contribution in [1.29, 1.82) is 0 Å². The van der Waals surface area contributed by atoms with Crippen LogP contribution in [0.3, 0.4) is 0 Å². The molecule has 0 aliphatic carbocycles. The molecule has 0 unspecified atom stereocenters. The molecule has 2 aromatic carbocycles. The van der Waals surface area contributed by atoms with Crippen molar-refractivity contribution in [2.45, 2.75) is 19.3 Å². The number of hydrogen-bond donors (Lipinski definition) is 0. The van der Waals surface area contributed by atoms with Gasteiger partial charge in [-0.05, 0) is 54.7 Å². The molecule has 0 aliphatic rings. The monoisotopic (exact) mass is 248 g/mol. The van der Waals surface area contributed by atoms with Crippen LogP contribution in [0.4, 0.5) is 4.39 Å². The molecule has 17 heavy (non-hydrogen) atoms. The van der Waals surface area contributed by atoms with Crippen molar-refractivity contribution in [3.8, 4) is 0 Å². The maximum atomic E-state index is 12.7. The minimum atomic E-state index is -0.177. The van der Waals surface area contributed by atoms with Gasteiger partial charge in [-0.3, -0.25) is 0 Å². The molecule has 0 amide bonds. The third-order valence-electron chi connectivity index (χ3n) is 2.73. The summed E-state index contributed by atoms with van der Waals surface area (Å²) in [5.41, 5.74) is 2.42. The maximum Gasteiger partial charge on any atom is 0.123 e. The van der Waals surface area contributed by atoms with Crippen LogP contribution < -0.4 is 0 Å². The minimum absolute atomic E-state index is 0.177. The van der Waals surface area contributed by atoms with Crippen LogP contribution >= 0.6 is 11.6 Å². The Morgan fingerprint density at radius 3 is 2.29 bits per heavy atom. The van der Waals surface area contributed by atoms with Gasteiger partial charge in [0.15, 0.2) is 0 Å². The second-order valence-corrected chi connectivity index (χ2v) is 4.55. The summed E-state index contributed by atoms with van der Waals surface area (Å²) in [6.45, 7) is 0. The predicted octanol–water partition coefficient (Wildman–Crippen LogP) is 4.65. The van der Waals surface area contributed by atoms with Gasteiger partial charge in [0.05, 0.1) is 0 Å². The first-order valence-electron chi connectivity index (χ1n) is 5.73. The Morgan fingerprint density at radius 2 is 1.59 bits per heavy atom. The highest BCUT2D eigenvalue weighted by atomic mass is 35.5. The molecule has 2 aromatic rings. The first-order chi connectivity index (χ1) is 8.24. The highest BCUT2D eigenvalue weighted by molar-refractivity contribution is 6.30. The van der Waals surface area contributed by atoms with Crippen molar-refractivity contribution in [3.63, 3.8) is 0 Å². The van der Waals surface area contributed by atoms with Crippen LogP contribution in [0.2, 0.25) is 5.02 Å². The van der Waals surface area contributed by atoms with Crippen molar-refractivity contribution in [3.05, 3.63) is 70.5 Å². The molecule has 0 saturated heterocycles. The molecule has 2 heteroatoms. The van der Waals surface area contributed by atoms with Gasteiger partial charge in [0.1, 0.15) is 5.82 Å². The number of benzene rings is 2. The molecule has 2 rings (SSSR count). The standard InChI is InChI=1S/C15H14ClF/c16-14-6-2-5-13(11-14)4-1-3-12-7-9-15(17)10-8-12/h2,5-11H,1,3-4H2. The molecule has 0 spiro atoms. The number of hydrogen-bond acceptors (Lipinski definition) is 0. The Morgan fingerprint density at radius 1 is 0.882 bits per heavy atom. The zero-order valence-corrected chi connectivity index (χ0v) is 10.3. The van der Waals surface area contributed by atoms with Crippen LogP contribution in [-0.4, -0.2) is 0 Å². The molecule has 0 radical (unpaired) electrons. The van der Waals surface area contributed by atoms with Crippen molar-refractivity contribution >= 4 is 11.6 Å². The number of halogens is 2. The smallest absolute Gasteiger partial charge is 0.123 e. The van der Waals surface area contributed by atoms with Crippen LogP contribution in [0, 0.1) is 5.82 Å². The van der Waals surface area contributed by atoms with Crippen LogP contribution in [0.5, 0.6) is 0 Å². The lowest BCUT2D eigenvalue weighted by Gasteiger charge is -2.03. The number of rotatable bonds is 4. The van der Waals surface area contributed by atoms with E-state index in [-0.39, 0.29) is 5.82 Å². The van der Waals surface area contributed by atoms with E-state index in [9.17, 15) is 4.39 Å². The van der Waals surface area contributed by atoms with Gasteiger partial charge in [-0.1, -0.05) is 35.9 Å². The molecular formula is C15H14ClF. The van der Waals surface area contributed by atoms with Crippen molar-refractivity contribution in [1.82, 2.24) is 0 Å². The van der Waals surface area contributed by atoms with Gasteiger partial charge >= 0.3 is 0 Å². The Kier molecular flexibility index (Phi) is 4.16. The average Bonchev–Trinajstić information content (AvgIpc) is 2.32. The SMILES string of the molecule is Fc1ccc(CCCc2cccc(Cl)c2)cc1. The van der Waals surface area contributed by atoms with E-state index < -0.39 is 0 Å².